The van der Waals surface area contributed by atoms with Crippen molar-refractivity contribution in [1.29, 1.82) is 0 Å². The third-order valence-electron chi connectivity index (χ3n) is 3.39. The third kappa shape index (κ3) is 5.00. The molecule has 1 atom stereocenters. The van der Waals surface area contributed by atoms with E-state index in [0.717, 1.165) is 40.9 Å². The maximum Gasteiger partial charge on any atom is 0.133 e. The molecule has 20 heavy (non-hydrogen) atoms. The van der Waals surface area contributed by atoms with Crippen molar-refractivity contribution in [1.82, 2.24) is 9.80 Å². The smallest absolute Gasteiger partial charge is 0.133 e. The summed E-state index contributed by atoms with van der Waals surface area (Å²) in [5.74, 6) is 0.755. The van der Waals surface area contributed by atoms with Gasteiger partial charge >= 0.3 is 0 Å². The second-order valence-electron chi connectivity index (χ2n) is 5.14. The Morgan fingerprint density at radius 2 is 1.95 bits per heavy atom. The predicted octanol–water partition coefficient (Wildman–Crippen LogP) is 2.20. The van der Waals surface area contributed by atoms with Gasteiger partial charge in [0.15, 0.2) is 0 Å². The quantitative estimate of drug-likeness (QED) is 0.811. The second-order valence-corrected chi connectivity index (χ2v) is 6.91. The zero-order valence-electron chi connectivity index (χ0n) is 11.6. The maximum absolute atomic E-state index is 10.1. The average Bonchev–Trinajstić information content (AvgIpc) is 2.40. The van der Waals surface area contributed by atoms with E-state index in [-0.39, 0.29) is 0 Å². The van der Waals surface area contributed by atoms with Crippen molar-refractivity contribution in [3.05, 3.63) is 27.1 Å². The van der Waals surface area contributed by atoms with Gasteiger partial charge in [0.2, 0.25) is 0 Å². The molecule has 2 rings (SSSR count). The van der Waals surface area contributed by atoms with Gasteiger partial charge in [-0.05, 0) is 41.2 Å². The molecule has 112 valence electrons. The van der Waals surface area contributed by atoms with Crippen LogP contribution < -0.4 is 4.74 Å². The van der Waals surface area contributed by atoms with E-state index >= 15 is 0 Å². The highest BCUT2D eigenvalue weighted by Gasteiger charge is 2.17. The highest BCUT2D eigenvalue weighted by atomic mass is 79.9. The normalized spacial score (nSPS) is 19.0. The number of hydrogen-bond acceptors (Lipinski definition) is 4. The molecule has 0 amide bonds. The number of likely N-dealkylation sites (N-methyl/N-ethyl adjacent to an activating group) is 1. The molecular formula is C14H20Br2N2O2. The lowest BCUT2D eigenvalue weighted by atomic mass is 10.3. The molecular weight excluding hydrogens is 388 g/mol. The first kappa shape index (κ1) is 16.2. The Hall–Kier alpha value is -0.140. The summed E-state index contributed by atoms with van der Waals surface area (Å²) in [7, 11) is 2.13. The average molecular weight is 408 g/mol. The minimum absolute atomic E-state index is 0.312. The van der Waals surface area contributed by atoms with Gasteiger partial charge in [-0.25, -0.2) is 0 Å². The van der Waals surface area contributed by atoms with Gasteiger partial charge in [0, 0.05) is 37.2 Å². The Morgan fingerprint density at radius 3 is 2.60 bits per heavy atom. The van der Waals surface area contributed by atoms with Crippen LogP contribution in [-0.2, 0) is 0 Å². The Labute approximate surface area is 137 Å². The molecule has 0 saturated carbocycles. The molecule has 1 aromatic carbocycles. The number of benzene rings is 1. The molecule has 1 aliphatic heterocycles. The van der Waals surface area contributed by atoms with Gasteiger partial charge in [0.25, 0.3) is 0 Å². The van der Waals surface area contributed by atoms with Gasteiger partial charge in [-0.2, -0.15) is 0 Å². The Balaban J connectivity index is 1.76. The Kier molecular flexibility index (Phi) is 6.29. The molecule has 1 unspecified atom stereocenters. The van der Waals surface area contributed by atoms with Crippen LogP contribution in [0.25, 0.3) is 0 Å². The predicted molar refractivity (Wildman–Crippen MR) is 87.3 cm³/mol. The van der Waals surface area contributed by atoms with E-state index in [1.165, 1.54) is 0 Å². The first-order chi connectivity index (χ1) is 9.54. The fourth-order valence-corrected chi connectivity index (χ4v) is 3.32. The molecule has 6 heteroatoms. The minimum atomic E-state index is -0.464. The van der Waals surface area contributed by atoms with Crippen LogP contribution in [0.1, 0.15) is 0 Å². The molecule has 1 N–H and O–H groups in total. The van der Waals surface area contributed by atoms with E-state index in [2.05, 4.69) is 48.7 Å². The van der Waals surface area contributed by atoms with Crippen molar-refractivity contribution < 1.29 is 9.84 Å². The van der Waals surface area contributed by atoms with Crippen LogP contribution in [-0.4, -0.2) is 67.4 Å². The van der Waals surface area contributed by atoms with Gasteiger partial charge < -0.3 is 14.7 Å². The van der Waals surface area contributed by atoms with Crippen molar-refractivity contribution in [2.75, 3.05) is 46.4 Å². The van der Waals surface area contributed by atoms with Crippen LogP contribution in [0.3, 0.4) is 0 Å². The highest BCUT2D eigenvalue weighted by Crippen LogP contribution is 2.28. The first-order valence-electron chi connectivity index (χ1n) is 6.71. The fourth-order valence-electron chi connectivity index (χ4n) is 2.16. The van der Waals surface area contributed by atoms with Crippen LogP contribution in [0.15, 0.2) is 27.1 Å². The van der Waals surface area contributed by atoms with Crippen LogP contribution in [0.5, 0.6) is 5.75 Å². The largest absolute Gasteiger partial charge is 0.490 e. The molecule has 0 bridgehead atoms. The number of aliphatic hydroxyl groups is 1. The van der Waals surface area contributed by atoms with Gasteiger partial charge in [-0.15, -0.1) is 0 Å². The van der Waals surface area contributed by atoms with Gasteiger partial charge in [-0.3, -0.25) is 4.90 Å². The van der Waals surface area contributed by atoms with Crippen molar-refractivity contribution in [2.24, 2.45) is 0 Å². The summed E-state index contributed by atoms with van der Waals surface area (Å²) in [6.07, 6.45) is -0.464. The van der Waals surface area contributed by atoms with Gasteiger partial charge in [0.1, 0.15) is 18.5 Å². The lowest BCUT2D eigenvalue weighted by Crippen LogP contribution is -2.47. The van der Waals surface area contributed by atoms with Gasteiger partial charge in [0.05, 0.1) is 4.47 Å². The molecule has 1 fully saturated rings. The fraction of sp³-hybridized carbons (Fsp3) is 0.571. The maximum atomic E-state index is 10.1. The number of hydrogen-bond donors (Lipinski definition) is 1. The molecule has 4 nitrogen and oxygen atoms in total. The minimum Gasteiger partial charge on any atom is -0.490 e. The lowest BCUT2D eigenvalue weighted by molar-refractivity contribution is 0.0503. The van der Waals surface area contributed by atoms with Crippen molar-refractivity contribution >= 4 is 31.9 Å². The number of rotatable bonds is 5. The number of piperazine rings is 1. The van der Waals surface area contributed by atoms with Crippen LogP contribution in [0.2, 0.25) is 0 Å². The number of aliphatic hydroxyl groups excluding tert-OH is 1. The van der Waals surface area contributed by atoms with Gasteiger partial charge in [-0.1, -0.05) is 15.9 Å². The number of nitrogens with zero attached hydrogens (tertiary/aromatic N) is 2. The van der Waals surface area contributed by atoms with Crippen LogP contribution in [0, 0.1) is 0 Å². The monoisotopic (exact) mass is 406 g/mol. The summed E-state index contributed by atoms with van der Waals surface area (Å²) >= 11 is 6.85. The Bertz CT molecular complexity index is 437. The summed E-state index contributed by atoms with van der Waals surface area (Å²) in [6, 6.07) is 5.74. The van der Waals surface area contributed by atoms with E-state index in [0.29, 0.717) is 13.2 Å². The topological polar surface area (TPSA) is 35.9 Å². The summed E-state index contributed by atoms with van der Waals surface area (Å²) in [6.45, 7) is 5.12. The lowest BCUT2D eigenvalue weighted by Gasteiger charge is -2.33. The summed E-state index contributed by atoms with van der Waals surface area (Å²) in [4.78, 5) is 4.59. The Morgan fingerprint density at radius 1 is 1.25 bits per heavy atom. The van der Waals surface area contributed by atoms with E-state index in [4.69, 9.17) is 4.74 Å². The molecule has 0 radical (unpaired) electrons. The number of β-amino-alcohol motifs (C(OH)–C–C–N with tert-alkyl or cyclic N) is 1. The number of halogens is 2. The molecule has 0 aromatic heterocycles. The molecule has 1 aliphatic rings. The van der Waals surface area contributed by atoms with Crippen LogP contribution >= 0.6 is 31.9 Å². The zero-order valence-corrected chi connectivity index (χ0v) is 14.7. The van der Waals surface area contributed by atoms with E-state index < -0.39 is 6.10 Å². The van der Waals surface area contributed by atoms with Crippen molar-refractivity contribution in [3.8, 4) is 5.75 Å². The van der Waals surface area contributed by atoms with Crippen molar-refractivity contribution in [3.63, 3.8) is 0 Å². The molecule has 1 saturated heterocycles. The zero-order chi connectivity index (χ0) is 14.5. The van der Waals surface area contributed by atoms with E-state index in [9.17, 15) is 5.11 Å². The van der Waals surface area contributed by atoms with E-state index in [1.54, 1.807) is 0 Å². The molecule has 1 heterocycles. The summed E-state index contributed by atoms with van der Waals surface area (Å²) in [5.41, 5.74) is 0. The second kappa shape index (κ2) is 7.75. The van der Waals surface area contributed by atoms with E-state index in [1.807, 2.05) is 18.2 Å². The van der Waals surface area contributed by atoms with Crippen LogP contribution in [0.4, 0.5) is 0 Å². The standard InChI is InChI=1S/C14H20Br2N2O2/c1-17-4-6-18(7-5-17)9-12(19)10-20-14-3-2-11(15)8-13(14)16/h2-3,8,12,19H,4-7,9-10H2,1H3. The van der Waals surface area contributed by atoms with Crippen molar-refractivity contribution in [2.45, 2.75) is 6.10 Å². The summed E-state index contributed by atoms with van der Waals surface area (Å²) in [5, 5.41) is 10.1. The number of ether oxygens (including phenoxy) is 1. The highest BCUT2D eigenvalue weighted by molar-refractivity contribution is 9.11. The molecule has 0 spiro atoms. The SMILES string of the molecule is CN1CCN(CC(O)COc2ccc(Br)cc2Br)CC1. The molecule has 0 aliphatic carbocycles. The first-order valence-corrected chi connectivity index (χ1v) is 8.30. The molecule has 1 aromatic rings. The summed E-state index contributed by atoms with van der Waals surface area (Å²) < 4.78 is 7.54. The third-order valence-corrected chi connectivity index (χ3v) is 4.50.